The molecule has 9 heteroatoms. The molecule has 2 heterocycles. The standard InChI is InChI=1S/C27H36N4O5/c1-4-36-25(33)22-16-23-24(32)30(17-19-12-14-21(35-3)15-13-19)27(2,18-31(23)29-22)26(34)28-20-10-8-6-5-7-9-11-20/h12-16,20H,4-11,17-18H2,1-3H3,(H,28,34)/t27-/m0/s1. The number of carbonyl (C=O) groups is 3. The highest BCUT2D eigenvalue weighted by molar-refractivity contribution is 6.01. The van der Waals surface area contributed by atoms with Gasteiger partial charge in [-0.25, -0.2) is 4.79 Å². The minimum atomic E-state index is -1.19. The van der Waals surface area contributed by atoms with Crippen molar-refractivity contribution in [2.45, 2.75) is 83.5 Å². The van der Waals surface area contributed by atoms with E-state index in [1.807, 2.05) is 24.3 Å². The molecule has 1 aromatic heterocycles. The number of nitrogens with one attached hydrogen (secondary N) is 1. The Morgan fingerprint density at radius 3 is 2.42 bits per heavy atom. The Morgan fingerprint density at radius 1 is 1.11 bits per heavy atom. The average Bonchev–Trinajstić information content (AvgIpc) is 3.28. The van der Waals surface area contributed by atoms with Crippen LogP contribution in [0.5, 0.6) is 5.75 Å². The van der Waals surface area contributed by atoms with Gasteiger partial charge < -0.3 is 19.7 Å². The van der Waals surface area contributed by atoms with E-state index in [2.05, 4.69) is 10.4 Å². The summed E-state index contributed by atoms with van der Waals surface area (Å²) in [7, 11) is 1.60. The Balaban J connectivity index is 1.65. The van der Waals surface area contributed by atoms with E-state index in [0.29, 0.717) is 5.75 Å². The summed E-state index contributed by atoms with van der Waals surface area (Å²) in [5.41, 5.74) is 0.00872. The largest absolute Gasteiger partial charge is 0.497 e. The lowest BCUT2D eigenvalue weighted by atomic mass is 9.92. The fraction of sp³-hybridized carbons (Fsp3) is 0.556. The van der Waals surface area contributed by atoms with Crippen molar-refractivity contribution in [2.75, 3.05) is 13.7 Å². The molecule has 0 saturated heterocycles. The molecule has 0 unspecified atom stereocenters. The molecule has 1 aliphatic heterocycles. The van der Waals surface area contributed by atoms with Crippen LogP contribution in [0.2, 0.25) is 0 Å². The Hall–Kier alpha value is -3.36. The van der Waals surface area contributed by atoms with Crippen molar-refractivity contribution in [1.29, 1.82) is 0 Å². The molecule has 2 aromatic rings. The number of hydrogen-bond acceptors (Lipinski definition) is 6. The van der Waals surface area contributed by atoms with Gasteiger partial charge in [0, 0.05) is 18.7 Å². The van der Waals surface area contributed by atoms with Crippen LogP contribution in [0.1, 0.15) is 85.3 Å². The summed E-state index contributed by atoms with van der Waals surface area (Å²) < 4.78 is 11.8. The number of esters is 1. The van der Waals surface area contributed by atoms with Gasteiger partial charge in [-0.05, 0) is 44.4 Å². The zero-order valence-corrected chi connectivity index (χ0v) is 21.4. The molecule has 1 aliphatic carbocycles. The van der Waals surface area contributed by atoms with Crippen LogP contribution in [0.25, 0.3) is 0 Å². The van der Waals surface area contributed by atoms with Crippen molar-refractivity contribution < 1.29 is 23.9 Å². The van der Waals surface area contributed by atoms with E-state index in [4.69, 9.17) is 9.47 Å². The minimum Gasteiger partial charge on any atom is -0.497 e. The molecule has 4 rings (SSSR count). The zero-order valence-electron chi connectivity index (χ0n) is 21.4. The fourth-order valence-electron chi connectivity index (χ4n) is 5.05. The van der Waals surface area contributed by atoms with Crippen LogP contribution in [0.15, 0.2) is 30.3 Å². The second kappa shape index (κ2) is 11.1. The van der Waals surface area contributed by atoms with Gasteiger partial charge in [0.2, 0.25) is 5.91 Å². The van der Waals surface area contributed by atoms with Crippen molar-refractivity contribution in [3.63, 3.8) is 0 Å². The highest BCUT2D eigenvalue weighted by Crippen LogP contribution is 2.31. The third kappa shape index (κ3) is 5.39. The maximum absolute atomic E-state index is 13.8. The first-order valence-electron chi connectivity index (χ1n) is 12.9. The van der Waals surface area contributed by atoms with Crippen LogP contribution in [0, 0.1) is 0 Å². The number of fused-ring (bicyclic) bond motifs is 1. The minimum absolute atomic E-state index is 0.0641. The SMILES string of the molecule is CCOC(=O)c1cc2n(n1)C[C@@](C)(C(=O)NC1CCCCCCC1)N(Cc1ccc(OC)cc1)C2=O. The second-order valence-electron chi connectivity index (χ2n) is 9.82. The normalized spacial score (nSPS) is 20.8. The number of benzene rings is 1. The summed E-state index contributed by atoms with van der Waals surface area (Å²) in [6.07, 6.45) is 7.65. The van der Waals surface area contributed by atoms with Gasteiger partial charge in [-0.1, -0.05) is 44.2 Å². The van der Waals surface area contributed by atoms with Gasteiger partial charge in [-0.15, -0.1) is 0 Å². The third-order valence-corrected chi connectivity index (χ3v) is 7.21. The number of hydrogen-bond donors (Lipinski definition) is 1. The van der Waals surface area contributed by atoms with Crippen molar-refractivity contribution in [1.82, 2.24) is 20.0 Å². The van der Waals surface area contributed by atoms with Crippen molar-refractivity contribution in [3.8, 4) is 5.75 Å². The van der Waals surface area contributed by atoms with Gasteiger partial charge in [0.15, 0.2) is 5.69 Å². The van der Waals surface area contributed by atoms with Gasteiger partial charge in [0.1, 0.15) is 17.0 Å². The van der Waals surface area contributed by atoms with Gasteiger partial charge in [0.25, 0.3) is 5.91 Å². The quantitative estimate of drug-likeness (QED) is 0.586. The lowest BCUT2D eigenvalue weighted by Crippen LogP contribution is -2.64. The van der Waals surface area contributed by atoms with Crippen molar-refractivity contribution in [3.05, 3.63) is 47.3 Å². The average molecular weight is 497 g/mol. The molecule has 1 N–H and O–H groups in total. The van der Waals surface area contributed by atoms with E-state index >= 15 is 0 Å². The number of aromatic nitrogens is 2. The molecule has 1 aromatic carbocycles. The Labute approximate surface area is 212 Å². The smallest absolute Gasteiger partial charge is 0.358 e. The first kappa shape index (κ1) is 25.7. The van der Waals surface area contributed by atoms with E-state index < -0.39 is 11.5 Å². The lowest BCUT2D eigenvalue weighted by molar-refractivity contribution is -0.134. The summed E-state index contributed by atoms with van der Waals surface area (Å²) in [6.45, 7) is 4.08. The number of nitrogens with zero attached hydrogens (tertiary/aromatic N) is 3. The van der Waals surface area contributed by atoms with Crippen molar-refractivity contribution in [2.24, 2.45) is 0 Å². The molecular weight excluding hydrogens is 460 g/mol. The van der Waals surface area contributed by atoms with Crippen LogP contribution in [0.3, 0.4) is 0 Å². The van der Waals surface area contributed by atoms with Crippen LogP contribution in [-0.2, 0) is 22.6 Å². The Kier molecular flexibility index (Phi) is 7.96. The molecule has 0 spiro atoms. The van der Waals surface area contributed by atoms with E-state index in [1.165, 1.54) is 30.0 Å². The monoisotopic (exact) mass is 496 g/mol. The molecule has 1 atom stereocenters. The van der Waals surface area contributed by atoms with E-state index in [-0.39, 0.29) is 48.9 Å². The fourth-order valence-corrected chi connectivity index (χ4v) is 5.05. The van der Waals surface area contributed by atoms with Crippen LogP contribution >= 0.6 is 0 Å². The molecule has 0 bridgehead atoms. The van der Waals surface area contributed by atoms with Gasteiger partial charge >= 0.3 is 5.97 Å². The summed E-state index contributed by atoms with van der Waals surface area (Å²) in [6, 6.07) is 8.97. The number of ether oxygens (including phenoxy) is 2. The summed E-state index contributed by atoms with van der Waals surface area (Å²) in [4.78, 5) is 41.5. The van der Waals surface area contributed by atoms with Crippen LogP contribution in [-0.4, -0.2) is 57.8 Å². The number of rotatable bonds is 7. The number of amides is 2. The summed E-state index contributed by atoms with van der Waals surface area (Å²) in [5, 5.41) is 7.58. The maximum atomic E-state index is 13.8. The van der Waals surface area contributed by atoms with Crippen LogP contribution < -0.4 is 10.1 Å². The topological polar surface area (TPSA) is 103 Å². The predicted octanol–water partition coefficient (Wildman–Crippen LogP) is 3.71. The Morgan fingerprint density at radius 2 is 1.78 bits per heavy atom. The van der Waals surface area contributed by atoms with E-state index in [0.717, 1.165) is 31.2 Å². The lowest BCUT2D eigenvalue weighted by Gasteiger charge is -2.44. The molecule has 36 heavy (non-hydrogen) atoms. The number of carbonyl (C=O) groups excluding carboxylic acids is 3. The molecule has 1 saturated carbocycles. The maximum Gasteiger partial charge on any atom is 0.358 e. The van der Waals surface area contributed by atoms with E-state index in [1.54, 1.807) is 25.9 Å². The molecule has 2 amide bonds. The number of methoxy groups -OCH3 is 1. The van der Waals surface area contributed by atoms with Crippen molar-refractivity contribution >= 4 is 17.8 Å². The summed E-state index contributed by atoms with van der Waals surface area (Å²) >= 11 is 0. The zero-order chi connectivity index (χ0) is 25.7. The first-order valence-corrected chi connectivity index (χ1v) is 12.9. The molecular formula is C27H36N4O5. The molecule has 2 aliphatic rings. The molecule has 1 fully saturated rings. The third-order valence-electron chi connectivity index (χ3n) is 7.21. The van der Waals surface area contributed by atoms with Gasteiger partial charge in [0.05, 0.1) is 20.3 Å². The van der Waals surface area contributed by atoms with Gasteiger partial charge in [-0.2, -0.15) is 5.10 Å². The summed E-state index contributed by atoms with van der Waals surface area (Å²) in [5.74, 6) is -0.426. The molecule has 9 nitrogen and oxygen atoms in total. The first-order chi connectivity index (χ1) is 17.4. The second-order valence-corrected chi connectivity index (χ2v) is 9.82. The van der Waals surface area contributed by atoms with Crippen LogP contribution in [0.4, 0.5) is 0 Å². The predicted molar refractivity (Wildman–Crippen MR) is 134 cm³/mol. The Bertz CT molecular complexity index is 1090. The van der Waals surface area contributed by atoms with Gasteiger partial charge in [-0.3, -0.25) is 14.3 Å². The highest BCUT2D eigenvalue weighted by Gasteiger charge is 2.48. The molecule has 194 valence electrons. The highest BCUT2D eigenvalue weighted by atomic mass is 16.5. The molecule has 0 radical (unpaired) electrons. The van der Waals surface area contributed by atoms with E-state index in [9.17, 15) is 14.4 Å².